The number of esters is 1. The Balaban J connectivity index is 1.86. The van der Waals surface area contributed by atoms with Crippen molar-refractivity contribution in [1.82, 2.24) is 9.97 Å². The van der Waals surface area contributed by atoms with Gasteiger partial charge in [-0.25, -0.2) is 9.78 Å². The number of aromatic nitrogens is 2. The smallest absolute Gasteiger partial charge is 0.340 e. The van der Waals surface area contributed by atoms with Crippen molar-refractivity contribution in [2.24, 2.45) is 5.92 Å². The number of para-hydroxylation sites is 1. The van der Waals surface area contributed by atoms with Crippen molar-refractivity contribution < 1.29 is 9.53 Å². The van der Waals surface area contributed by atoms with E-state index in [2.05, 4.69) is 27.1 Å². The first-order valence-corrected chi connectivity index (χ1v) is 9.20. The van der Waals surface area contributed by atoms with Gasteiger partial charge in [-0.15, -0.1) is 0 Å². The monoisotopic (exact) mass is 354 g/mol. The number of rotatable bonds is 5. The molecule has 1 aromatic heterocycles. The minimum atomic E-state index is -0.341. The van der Waals surface area contributed by atoms with Crippen LogP contribution >= 0.6 is 0 Å². The van der Waals surface area contributed by atoms with Gasteiger partial charge in [0, 0.05) is 24.8 Å². The number of nitrogens with zero attached hydrogens (tertiary/aromatic N) is 3. The second-order valence-corrected chi connectivity index (χ2v) is 6.78. The van der Waals surface area contributed by atoms with E-state index in [0.29, 0.717) is 29.6 Å². The quantitative estimate of drug-likeness (QED) is 0.820. The van der Waals surface area contributed by atoms with E-state index in [1.54, 1.807) is 13.0 Å². The molecule has 0 bridgehead atoms. The van der Waals surface area contributed by atoms with Crippen LogP contribution in [-0.2, 0) is 4.74 Å². The average Bonchev–Trinajstić information content (AvgIpc) is 2.62. The van der Waals surface area contributed by atoms with Crippen molar-refractivity contribution >= 4 is 23.4 Å². The van der Waals surface area contributed by atoms with E-state index < -0.39 is 0 Å². The summed E-state index contributed by atoms with van der Waals surface area (Å²) in [6, 6.07) is 9.20. The molecular formula is C20H26N4O2. The molecule has 6 nitrogen and oxygen atoms in total. The minimum Gasteiger partial charge on any atom is -0.462 e. The molecule has 1 saturated heterocycles. The molecule has 3 rings (SSSR count). The normalized spacial score (nSPS) is 17.0. The highest BCUT2D eigenvalue weighted by molar-refractivity contribution is 5.96. The van der Waals surface area contributed by atoms with Crippen molar-refractivity contribution in [1.29, 1.82) is 0 Å². The third kappa shape index (κ3) is 4.31. The molecule has 6 heteroatoms. The summed E-state index contributed by atoms with van der Waals surface area (Å²) in [6.45, 7) is 8.32. The highest BCUT2D eigenvalue weighted by Crippen LogP contribution is 2.25. The van der Waals surface area contributed by atoms with Gasteiger partial charge in [-0.1, -0.05) is 19.1 Å². The van der Waals surface area contributed by atoms with Gasteiger partial charge >= 0.3 is 5.97 Å². The minimum absolute atomic E-state index is 0.341. The molecule has 2 aromatic rings. The molecule has 1 aliphatic heterocycles. The number of ether oxygens (including phenoxy) is 1. The Labute approximate surface area is 154 Å². The lowest BCUT2D eigenvalue weighted by Crippen LogP contribution is -2.35. The van der Waals surface area contributed by atoms with Crippen molar-refractivity contribution in [3.8, 4) is 0 Å². The molecule has 0 saturated carbocycles. The number of aryl methyl sites for hydroxylation is 1. The molecule has 1 atom stereocenters. The summed E-state index contributed by atoms with van der Waals surface area (Å²) >= 11 is 0. The summed E-state index contributed by atoms with van der Waals surface area (Å²) in [5.41, 5.74) is 2.07. The molecule has 1 fully saturated rings. The number of hydrogen-bond acceptors (Lipinski definition) is 6. The van der Waals surface area contributed by atoms with Gasteiger partial charge in [0.2, 0.25) is 5.95 Å². The number of hydrogen-bond donors (Lipinski definition) is 1. The molecule has 2 heterocycles. The SMILES string of the molecule is CCOC(=O)c1ccccc1Nc1cc(C)nc(N2CCCC(C)C2)n1. The van der Waals surface area contributed by atoms with Crippen molar-refractivity contribution in [3.63, 3.8) is 0 Å². The topological polar surface area (TPSA) is 67.3 Å². The summed E-state index contributed by atoms with van der Waals surface area (Å²) in [5, 5.41) is 3.26. The van der Waals surface area contributed by atoms with Crippen LogP contribution in [0.2, 0.25) is 0 Å². The van der Waals surface area contributed by atoms with Gasteiger partial charge in [0.05, 0.1) is 17.9 Å². The first-order valence-electron chi connectivity index (χ1n) is 9.20. The van der Waals surface area contributed by atoms with Gasteiger partial charge < -0.3 is 15.0 Å². The van der Waals surface area contributed by atoms with E-state index in [-0.39, 0.29) is 5.97 Å². The van der Waals surface area contributed by atoms with Crippen LogP contribution in [0.1, 0.15) is 42.7 Å². The van der Waals surface area contributed by atoms with Gasteiger partial charge in [0.1, 0.15) is 5.82 Å². The summed E-state index contributed by atoms with van der Waals surface area (Å²) in [5.74, 6) is 1.73. The highest BCUT2D eigenvalue weighted by Gasteiger charge is 2.20. The fraction of sp³-hybridized carbons (Fsp3) is 0.450. The predicted molar refractivity (Wildman–Crippen MR) is 103 cm³/mol. The van der Waals surface area contributed by atoms with Gasteiger partial charge in [0.15, 0.2) is 0 Å². The average molecular weight is 354 g/mol. The Hall–Kier alpha value is -2.63. The molecule has 0 aliphatic carbocycles. The second-order valence-electron chi connectivity index (χ2n) is 6.78. The fourth-order valence-electron chi connectivity index (χ4n) is 3.25. The summed E-state index contributed by atoms with van der Waals surface area (Å²) in [4.78, 5) is 23.7. The lowest BCUT2D eigenvalue weighted by atomic mass is 10.0. The Morgan fingerprint density at radius 1 is 1.35 bits per heavy atom. The number of nitrogens with one attached hydrogen (secondary N) is 1. The largest absolute Gasteiger partial charge is 0.462 e. The lowest BCUT2D eigenvalue weighted by molar-refractivity contribution is 0.0527. The number of carbonyl (C=O) groups excluding carboxylic acids is 1. The van der Waals surface area contributed by atoms with Gasteiger partial charge in [-0.2, -0.15) is 4.98 Å². The van der Waals surface area contributed by atoms with E-state index >= 15 is 0 Å². The number of benzene rings is 1. The summed E-state index contributed by atoms with van der Waals surface area (Å²) < 4.78 is 5.14. The molecule has 0 radical (unpaired) electrons. The van der Waals surface area contributed by atoms with Crippen LogP contribution in [-0.4, -0.2) is 35.6 Å². The van der Waals surface area contributed by atoms with E-state index in [9.17, 15) is 4.79 Å². The Morgan fingerprint density at radius 3 is 2.92 bits per heavy atom. The van der Waals surface area contributed by atoms with E-state index in [1.165, 1.54) is 6.42 Å². The lowest BCUT2D eigenvalue weighted by Gasteiger charge is -2.31. The maximum absolute atomic E-state index is 12.2. The molecule has 26 heavy (non-hydrogen) atoms. The van der Waals surface area contributed by atoms with Crippen LogP contribution in [0.3, 0.4) is 0 Å². The zero-order valence-corrected chi connectivity index (χ0v) is 15.7. The highest BCUT2D eigenvalue weighted by atomic mass is 16.5. The third-order valence-corrected chi connectivity index (χ3v) is 4.47. The van der Waals surface area contributed by atoms with Crippen LogP contribution in [0, 0.1) is 12.8 Å². The zero-order chi connectivity index (χ0) is 18.5. The molecule has 0 amide bonds. The van der Waals surface area contributed by atoms with Crippen LogP contribution < -0.4 is 10.2 Å². The van der Waals surface area contributed by atoms with Crippen molar-refractivity contribution in [3.05, 3.63) is 41.6 Å². The first-order chi connectivity index (χ1) is 12.6. The van der Waals surface area contributed by atoms with E-state index in [1.807, 2.05) is 31.2 Å². The van der Waals surface area contributed by atoms with Gasteiger partial charge in [-0.05, 0) is 44.7 Å². The number of piperidine rings is 1. The van der Waals surface area contributed by atoms with Crippen molar-refractivity contribution in [2.75, 3.05) is 29.9 Å². The number of carbonyl (C=O) groups is 1. The number of anilines is 3. The maximum Gasteiger partial charge on any atom is 0.340 e. The van der Waals surface area contributed by atoms with E-state index in [4.69, 9.17) is 4.74 Å². The summed E-state index contributed by atoms with van der Waals surface area (Å²) in [6.07, 6.45) is 2.41. The molecule has 1 aliphatic rings. The molecule has 0 spiro atoms. The van der Waals surface area contributed by atoms with Gasteiger partial charge in [0.25, 0.3) is 0 Å². The van der Waals surface area contributed by atoms with Crippen molar-refractivity contribution in [2.45, 2.75) is 33.6 Å². The Bertz CT molecular complexity index is 778. The maximum atomic E-state index is 12.2. The standard InChI is InChI=1S/C20H26N4O2/c1-4-26-19(25)16-9-5-6-10-17(16)22-18-12-15(3)21-20(23-18)24-11-7-8-14(2)13-24/h5-6,9-10,12,14H,4,7-8,11,13H2,1-3H3,(H,21,22,23). The third-order valence-electron chi connectivity index (χ3n) is 4.47. The summed E-state index contributed by atoms with van der Waals surface area (Å²) in [7, 11) is 0. The molecule has 1 N–H and O–H groups in total. The Kier molecular flexibility index (Phi) is 5.71. The zero-order valence-electron chi connectivity index (χ0n) is 15.7. The molecule has 1 unspecified atom stereocenters. The molecule has 1 aromatic carbocycles. The second kappa shape index (κ2) is 8.17. The molecular weight excluding hydrogens is 328 g/mol. The Morgan fingerprint density at radius 2 is 2.15 bits per heavy atom. The first kappa shape index (κ1) is 18.2. The fourth-order valence-corrected chi connectivity index (χ4v) is 3.25. The van der Waals surface area contributed by atoms with Crippen LogP contribution in [0.5, 0.6) is 0 Å². The predicted octanol–water partition coefficient (Wildman–Crippen LogP) is 3.94. The van der Waals surface area contributed by atoms with Crippen LogP contribution in [0.15, 0.2) is 30.3 Å². The van der Waals surface area contributed by atoms with Crippen LogP contribution in [0.4, 0.5) is 17.5 Å². The molecule has 138 valence electrons. The van der Waals surface area contributed by atoms with Gasteiger partial charge in [-0.3, -0.25) is 0 Å². The van der Waals surface area contributed by atoms with Crippen LogP contribution in [0.25, 0.3) is 0 Å². The van der Waals surface area contributed by atoms with E-state index in [0.717, 1.165) is 31.2 Å².